The Morgan fingerprint density at radius 2 is 2.30 bits per heavy atom. The Bertz CT molecular complexity index is 157. The van der Waals surface area contributed by atoms with Gasteiger partial charge in [-0.05, 0) is 31.3 Å². The van der Waals surface area contributed by atoms with Crippen LogP contribution in [0, 0.1) is 17.8 Å². The summed E-state index contributed by atoms with van der Waals surface area (Å²) < 4.78 is 0. The Morgan fingerprint density at radius 1 is 1.50 bits per heavy atom. The van der Waals surface area contributed by atoms with Crippen molar-refractivity contribution >= 4 is 5.97 Å². The van der Waals surface area contributed by atoms with Crippen molar-refractivity contribution in [3.05, 3.63) is 0 Å². The second-order valence-electron chi connectivity index (χ2n) is 3.18. The van der Waals surface area contributed by atoms with Crippen LogP contribution >= 0.6 is 0 Å². The largest absolute Gasteiger partial charge is 0.481 e. The molecule has 0 aromatic rings. The number of aliphatic carboxylic acids is 1. The molecule has 10 heavy (non-hydrogen) atoms. The minimum absolute atomic E-state index is 0.0185. The molecule has 0 radical (unpaired) electrons. The molecule has 1 aliphatic carbocycles. The van der Waals surface area contributed by atoms with E-state index in [1.165, 1.54) is 0 Å². The van der Waals surface area contributed by atoms with Gasteiger partial charge in [0.25, 0.3) is 0 Å². The van der Waals surface area contributed by atoms with E-state index in [-0.39, 0.29) is 5.92 Å². The van der Waals surface area contributed by atoms with Crippen LogP contribution in [0.5, 0.6) is 0 Å². The van der Waals surface area contributed by atoms with Gasteiger partial charge in [-0.3, -0.25) is 4.79 Å². The normalized spacial score (nSPS) is 44.2. The van der Waals surface area contributed by atoms with Gasteiger partial charge in [0.1, 0.15) is 0 Å². The molecule has 1 aliphatic heterocycles. The van der Waals surface area contributed by atoms with Crippen molar-refractivity contribution < 1.29 is 9.90 Å². The van der Waals surface area contributed by atoms with E-state index in [1.54, 1.807) is 0 Å². The number of hydrogen-bond donors (Lipinski definition) is 2. The second-order valence-corrected chi connectivity index (χ2v) is 3.18. The minimum Gasteiger partial charge on any atom is -0.481 e. The summed E-state index contributed by atoms with van der Waals surface area (Å²) in [6.45, 7) is 1.92. The van der Waals surface area contributed by atoms with Gasteiger partial charge in [0.15, 0.2) is 0 Å². The van der Waals surface area contributed by atoms with Crippen LogP contribution in [-0.4, -0.2) is 24.2 Å². The van der Waals surface area contributed by atoms with Gasteiger partial charge in [-0.1, -0.05) is 0 Å². The van der Waals surface area contributed by atoms with Crippen LogP contribution in [0.25, 0.3) is 0 Å². The van der Waals surface area contributed by atoms with Crippen LogP contribution < -0.4 is 5.32 Å². The van der Waals surface area contributed by atoms with E-state index < -0.39 is 5.97 Å². The van der Waals surface area contributed by atoms with Crippen molar-refractivity contribution in [2.24, 2.45) is 17.8 Å². The summed E-state index contributed by atoms with van der Waals surface area (Å²) in [5, 5.41) is 11.9. The average Bonchev–Trinajstić information content (AvgIpc) is 2.60. The van der Waals surface area contributed by atoms with E-state index in [1.807, 2.05) is 0 Å². The Morgan fingerprint density at radius 3 is 2.80 bits per heavy atom. The molecular weight excluding hydrogens is 130 g/mol. The SMILES string of the molecule is O=C(O)C1C2CCNCC21. The number of carbonyl (C=O) groups is 1. The Balaban J connectivity index is 1.99. The molecule has 0 aromatic heterocycles. The molecule has 2 rings (SSSR count). The summed E-state index contributed by atoms with van der Waals surface area (Å²) in [5.41, 5.74) is 0. The molecule has 0 bridgehead atoms. The number of rotatable bonds is 1. The molecule has 2 aliphatic rings. The predicted octanol–water partition coefficient (Wildman–Crippen LogP) is -0.0735. The standard InChI is InChI=1S/C7H11NO2/c9-7(10)6-4-1-2-8-3-5(4)6/h4-6,8H,1-3H2,(H,9,10). The van der Waals surface area contributed by atoms with Crippen molar-refractivity contribution in [2.75, 3.05) is 13.1 Å². The number of nitrogens with one attached hydrogen (secondary N) is 1. The van der Waals surface area contributed by atoms with E-state index in [0.29, 0.717) is 11.8 Å². The smallest absolute Gasteiger partial charge is 0.307 e. The lowest BCUT2D eigenvalue weighted by atomic mass is 10.2. The predicted molar refractivity (Wildman–Crippen MR) is 35.6 cm³/mol. The summed E-state index contributed by atoms with van der Waals surface area (Å²) in [4.78, 5) is 10.5. The molecule has 3 heteroatoms. The molecular formula is C7H11NO2. The monoisotopic (exact) mass is 141 g/mol. The quantitative estimate of drug-likeness (QED) is 0.537. The molecule has 3 unspecified atom stereocenters. The van der Waals surface area contributed by atoms with Crippen molar-refractivity contribution in [1.82, 2.24) is 5.32 Å². The molecule has 1 heterocycles. The lowest BCUT2D eigenvalue weighted by Gasteiger charge is -2.07. The van der Waals surface area contributed by atoms with Gasteiger partial charge >= 0.3 is 5.97 Å². The topological polar surface area (TPSA) is 49.3 Å². The zero-order valence-corrected chi connectivity index (χ0v) is 5.71. The average molecular weight is 141 g/mol. The third-order valence-corrected chi connectivity index (χ3v) is 2.65. The highest BCUT2D eigenvalue weighted by atomic mass is 16.4. The first-order valence-corrected chi connectivity index (χ1v) is 3.74. The Labute approximate surface area is 59.4 Å². The highest BCUT2D eigenvalue weighted by molar-refractivity contribution is 5.74. The van der Waals surface area contributed by atoms with Crippen molar-refractivity contribution in [1.29, 1.82) is 0 Å². The molecule has 56 valence electrons. The molecule has 0 aromatic carbocycles. The van der Waals surface area contributed by atoms with Crippen molar-refractivity contribution in [2.45, 2.75) is 6.42 Å². The van der Waals surface area contributed by atoms with Gasteiger partial charge < -0.3 is 10.4 Å². The fourth-order valence-corrected chi connectivity index (χ4v) is 2.02. The maximum absolute atomic E-state index is 10.5. The molecule has 1 saturated carbocycles. The van der Waals surface area contributed by atoms with Crippen LogP contribution in [0.4, 0.5) is 0 Å². The number of piperidine rings is 1. The molecule has 2 N–H and O–H groups in total. The fourth-order valence-electron chi connectivity index (χ4n) is 2.02. The Hall–Kier alpha value is -0.570. The number of fused-ring (bicyclic) bond motifs is 1. The van der Waals surface area contributed by atoms with E-state index in [4.69, 9.17) is 5.11 Å². The molecule has 3 nitrogen and oxygen atoms in total. The number of carboxylic acids is 1. The summed E-state index contributed by atoms with van der Waals surface area (Å²) in [6, 6.07) is 0. The molecule has 3 atom stereocenters. The van der Waals surface area contributed by atoms with E-state index in [2.05, 4.69) is 5.32 Å². The van der Waals surface area contributed by atoms with Gasteiger partial charge in [0, 0.05) is 0 Å². The second kappa shape index (κ2) is 1.95. The summed E-state index contributed by atoms with van der Waals surface area (Å²) in [5.74, 6) is 0.332. The maximum Gasteiger partial charge on any atom is 0.307 e. The van der Waals surface area contributed by atoms with Crippen LogP contribution in [0.1, 0.15) is 6.42 Å². The molecule has 2 fully saturated rings. The minimum atomic E-state index is -0.598. The van der Waals surface area contributed by atoms with E-state index in [9.17, 15) is 4.79 Å². The fraction of sp³-hybridized carbons (Fsp3) is 0.857. The summed E-state index contributed by atoms with van der Waals surface area (Å²) in [6.07, 6.45) is 1.06. The zero-order chi connectivity index (χ0) is 7.14. The zero-order valence-electron chi connectivity index (χ0n) is 5.71. The highest BCUT2D eigenvalue weighted by Gasteiger charge is 2.55. The lowest BCUT2D eigenvalue weighted by molar-refractivity contribution is -0.139. The first-order chi connectivity index (χ1) is 4.80. The molecule has 0 spiro atoms. The third kappa shape index (κ3) is 0.736. The maximum atomic E-state index is 10.5. The number of hydrogen-bond acceptors (Lipinski definition) is 2. The van der Waals surface area contributed by atoms with E-state index >= 15 is 0 Å². The van der Waals surface area contributed by atoms with Gasteiger partial charge in [0.05, 0.1) is 5.92 Å². The van der Waals surface area contributed by atoms with Gasteiger partial charge in [0.2, 0.25) is 0 Å². The van der Waals surface area contributed by atoms with Crippen LogP contribution in [0.2, 0.25) is 0 Å². The van der Waals surface area contributed by atoms with Crippen molar-refractivity contribution in [3.8, 4) is 0 Å². The molecule has 1 saturated heterocycles. The number of carboxylic acid groups (broad SMARTS) is 1. The van der Waals surface area contributed by atoms with Crippen LogP contribution in [0.3, 0.4) is 0 Å². The third-order valence-electron chi connectivity index (χ3n) is 2.65. The summed E-state index contributed by atoms with van der Waals surface area (Å²) in [7, 11) is 0. The lowest BCUT2D eigenvalue weighted by Crippen LogP contribution is -2.23. The molecule has 0 amide bonds. The first-order valence-electron chi connectivity index (χ1n) is 3.74. The van der Waals surface area contributed by atoms with Crippen LogP contribution in [-0.2, 0) is 4.79 Å². The van der Waals surface area contributed by atoms with Gasteiger partial charge in [-0.15, -0.1) is 0 Å². The van der Waals surface area contributed by atoms with Gasteiger partial charge in [-0.25, -0.2) is 0 Å². The Kier molecular flexibility index (Phi) is 1.20. The van der Waals surface area contributed by atoms with Gasteiger partial charge in [-0.2, -0.15) is 0 Å². The van der Waals surface area contributed by atoms with E-state index in [0.717, 1.165) is 19.5 Å². The van der Waals surface area contributed by atoms with Crippen molar-refractivity contribution in [3.63, 3.8) is 0 Å². The first kappa shape index (κ1) is 6.16. The van der Waals surface area contributed by atoms with Crippen LogP contribution in [0.15, 0.2) is 0 Å². The highest BCUT2D eigenvalue weighted by Crippen LogP contribution is 2.49. The summed E-state index contributed by atoms with van der Waals surface area (Å²) >= 11 is 0.